The first-order valence-electron chi connectivity index (χ1n) is 10.2. The minimum Gasteiger partial charge on any atom is -0.870 e. The average molecular weight is 456 g/mol. The van der Waals surface area contributed by atoms with Crippen molar-refractivity contribution in [3.63, 3.8) is 0 Å². The molecule has 7 nitrogen and oxygen atoms in total. The number of fused-ring (bicyclic) bond motifs is 1. The van der Waals surface area contributed by atoms with Crippen LogP contribution in [0.15, 0.2) is 36.5 Å². The Morgan fingerprint density at radius 3 is 2.45 bits per heavy atom. The minimum atomic E-state index is -0.981. The Balaban J connectivity index is 0.00000272. The molecule has 0 saturated heterocycles. The Labute approximate surface area is 203 Å². The molecule has 0 saturated carbocycles. The molecular formula is C23H27F2LiN2O5. The van der Waals surface area contributed by atoms with Crippen molar-refractivity contribution < 1.29 is 52.6 Å². The summed E-state index contributed by atoms with van der Waals surface area (Å²) in [5, 5.41) is 12.2. The van der Waals surface area contributed by atoms with Crippen molar-refractivity contribution in [2.45, 2.75) is 63.5 Å². The van der Waals surface area contributed by atoms with Crippen molar-refractivity contribution in [1.29, 1.82) is 0 Å². The third-order valence-electron chi connectivity index (χ3n) is 5.30. The largest absolute Gasteiger partial charge is 1.00 e. The number of hydrogen-bond acceptors (Lipinski definition) is 5. The van der Waals surface area contributed by atoms with E-state index < -0.39 is 47.2 Å². The molecule has 2 aromatic rings. The zero-order valence-electron chi connectivity index (χ0n) is 19.1. The molecule has 1 amide bonds. The molecule has 0 aliphatic heterocycles. The van der Waals surface area contributed by atoms with Crippen molar-refractivity contribution in [3.8, 4) is 0 Å². The van der Waals surface area contributed by atoms with Crippen LogP contribution in [0.4, 0.5) is 13.6 Å². The monoisotopic (exact) mass is 456 g/mol. The van der Waals surface area contributed by atoms with Gasteiger partial charge in [-0.15, -0.1) is 0 Å². The van der Waals surface area contributed by atoms with Crippen LogP contribution in [0.2, 0.25) is 0 Å². The van der Waals surface area contributed by atoms with Gasteiger partial charge >= 0.3 is 30.9 Å². The summed E-state index contributed by atoms with van der Waals surface area (Å²) < 4.78 is 34.2. The van der Waals surface area contributed by atoms with E-state index in [-0.39, 0.29) is 36.3 Å². The number of amides is 1. The number of carbonyl (C=O) groups excluding carboxylic acids is 1. The molecule has 10 heteroatoms. The number of hydrogen-bond donors (Lipinski definition) is 2. The van der Waals surface area contributed by atoms with Crippen LogP contribution in [0.25, 0.3) is 0 Å². The zero-order valence-corrected chi connectivity index (χ0v) is 19.1. The van der Waals surface area contributed by atoms with E-state index in [1.165, 1.54) is 12.1 Å². The van der Waals surface area contributed by atoms with Gasteiger partial charge in [0.05, 0.1) is 12.5 Å². The van der Waals surface area contributed by atoms with Gasteiger partial charge in [-0.3, -0.25) is 9.78 Å². The molecule has 1 heterocycles. The maximum absolute atomic E-state index is 14.8. The number of alkyl carbamates (subject to hydrolysis) is 1. The van der Waals surface area contributed by atoms with E-state index in [1.807, 2.05) is 0 Å². The van der Waals surface area contributed by atoms with Gasteiger partial charge in [0.25, 0.3) is 0 Å². The normalized spacial score (nSPS) is 19.7. The number of carboxylic acids is 1. The Bertz CT molecular complexity index is 984. The fraction of sp³-hybridized carbons (Fsp3) is 0.435. The second-order valence-electron chi connectivity index (χ2n) is 8.72. The quantitative estimate of drug-likeness (QED) is 0.536. The number of halogens is 2. The number of nitrogens with zero attached hydrogens (tertiary/aromatic N) is 1. The van der Waals surface area contributed by atoms with Gasteiger partial charge in [-0.1, -0.05) is 18.2 Å². The number of pyridine rings is 1. The maximum Gasteiger partial charge on any atom is 1.00 e. The Hall–Kier alpha value is -2.47. The summed E-state index contributed by atoms with van der Waals surface area (Å²) in [5.74, 6) is -3.99. The van der Waals surface area contributed by atoms with Crippen LogP contribution in [0.1, 0.15) is 74.7 Å². The number of carbonyl (C=O) groups is 2. The molecule has 0 unspecified atom stereocenters. The topological polar surface area (TPSA) is 119 Å². The number of rotatable bonds is 4. The van der Waals surface area contributed by atoms with Gasteiger partial charge in [-0.25, -0.2) is 13.6 Å². The molecule has 0 bridgehead atoms. The van der Waals surface area contributed by atoms with Crippen LogP contribution in [-0.2, 0) is 9.53 Å². The third kappa shape index (κ3) is 7.00. The number of carboxylic acid groups (broad SMARTS) is 1. The van der Waals surface area contributed by atoms with Crippen LogP contribution in [0, 0.1) is 11.6 Å². The molecule has 3 N–H and O–H groups in total. The summed E-state index contributed by atoms with van der Waals surface area (Å²) in [7, 11) is 0. The Kier molecular flexibility index (Phi) is 10.0. The smallest absolute Gasteiger partial charge is 0.870 e. The summed E-state index contributed by atoms with van der Waals surface area (Å²) in [5.41, 5.74) is 0.473. The average Bonchev–Trinajstić information content (AvgIpc) is 2.80. The molecule has 3 rings (SSSR count). The number of aliphatic carboxylic acids is 1. The van der Waals surface area contributed by atoms with Crippen molar-refractivity contribution >= 4 is 12.1 Å². The summed E-state index contributed by atoms with van der Waals surface area (Å²) in [6, 6.07) is 6.57. The van der Waals surface area contributed by atoms with E-state index in [0.29, 0.717) is 24.1 Å². The summed E-state index contributed by atoms with van der Waals surface area (Å²) in [6.45, 7) is 5.17. The van der Waals surface area contributed by atoms with Gasteiger partial charge in [0.15, 0.2) is 11.6 Å². The second-order valence-corrected chi connectivity index (χ2v) is 8.72. The molecule has 33 heavy (non-hydrogen) atoms. The van der Waals surface area contributed by atoms with Gasteiger partial charge in [-0.2, -0.15) is 0 Å². The second kappa shape index (κ2) is 11.6. The molecule has 0 fully saturated rings. The van der Waals surface area contributed by atoms with Crippen LogP contribution >= 0.6 is 0 Å². The molecule has 1 aliphatic rings. The van der Waals surface area contributed by atoms with E-state index in [9.17, 15) is 23.5 Å². The van der Waals surface area contributed by atoms with Gasteiger partial charge in [-0.05, 0) is 56.9 Å². The van der Waals surface area contributed by atoms with Crippen LogP contribution < -0.4 is 24.2 Å². The Morgan fingerprint density at radius 2 is 1.82 bits per heavy atom. The number of aromatic nitrogens is 1. The molecule has 1 aromatic carbocycles. The molecular weight excluding hydrogens is 429 g/mol. The van der Waals surface area contributed by atoms with E-state index in [1.54, 1.807) is 39.1 Å². The molecule has 0 radical (unpaired) electrons. The zero-order chi connectivity index (χ0) is 22.8. The fourth-order valence-corrected chi connectivity index (χ4v) is 4.10. The SMILES string of the molecule is CC(C)(C)OC(=O)N[C@@H]1c2cccnc2[C@H](CC(=O)O)CC[C@H]1c1cccc(F)c1F.[Li+].[OH-]. The fourth-order valence-electron chi connectivity index (χ4n) is 4.10. The minimum absolute atomic E-state index is 0. The number of ether oxygens (including phenoxy) is 1. The van der Waals surface area contributed by atoms with Crippen LogP contribution in [-0.4, -0.2) is 33.2 Å². The predicted molar refractivity (Wildman–Crippen MR) is 112 cm³/mol. The van der Waals surface area contributed by atoms with Gasteiger partial charge in [0.2, 0.25) is 0 Å². The first-order valence-corrected chi connectivity index (χ1v) is 10.2. The number of nitrogens with one attached hydrogen (secondary N) is 1. The maximum atomic E-state index is 14.8. The van der Waals surface area contributed by atoms with Crippen molar-refractivity contribution in [2.24, 2.45) is 0 Å². The van der Waals surface area contributed by atoms with Gasteiger partial charge < -0.3 is 20.6 Å². The van der Waals surface area contributed by atoms with E-state index in [0.717, 1.165) is 6.07 Å². The van der Waals surface area contributed by atoms with Crippen LogP contribution in [0.5, 0.6) is 0 Å². The molecule has 0 spiro atoms. The molecule has 1 aliphatic carbocycles. The first kappa shape index (κ1) is 28.6. The van der Waals surface area contributed by atoms with Crippen molar-refractivity contribution in [1.82, 2.24) is 10.3 Å². The predicted octanol–water partition coefficient (Wildman–Crippen LogP) is 1.89. The molecule has 1 aromatic heterocycles. The van der Waals surface area contributed by atoms with E-state index in [2.05, 4.69) is 10.3 Å². The van der Waals surface area contributed by atoms with E-state index >= 15 is 0 Å². The first-order chi connectivity index (χ1) is 14.6. The van der Waals surface area contributed by atoms with Gasteiger partial charge in [0.1, 0.15) is 5.60 Å². The van der Waals surface area contributed by atoms with Crippen LogP contribution in [0.3, 0.4) is 0 Å². The van der Waals surface area contributed by atoms with E-state index in [4.69, 9.17) is 4.74 Å². The standard InChI is InChI=1S/C23H26F2N2O4.Li.H2O/c1-23(2,3)31-22(30)27-21-15(14-6-4-8-17(24)19(14)25)10-9-13(12-18(28)29)20-16(21)7-5-11-26-20;;/h4-8,11,13,15,21H,9-10,12H2,1-3H3,(H,27,30)(H,28,29);;1H2/q;+1;/p-1/t13-,15-,21-;;/m0../s1. The summed E-state index contributed by atoms with van der Waals surface area (Å²) in [6.07, 6.45) is 1.42. The van der Waals surface area contributed by atoms with Gasteiger partial charge in [0, 0.05) is 23.7 Å². The van der Waals surface area contributed by atoms with Crippen molar-refractivity contribution in [3.05, 3.63) is 65.0 Å². The third-order valence-corrected chi connectivity index (χ3v) is 5.30. The Morgan fingerprint density at radius 1 is 1.15 bits per heavy atom. The van der Waals surface area contributed by atoms with Crippen molar-refractivity contribution in [2.75, 3.05) is 0 Å². The summed E-state index contributed by atoms with van der Waals surface area (Å²) in [4.78, 5) is 28.4. The molecule has 174 valence electrons. The summed E-state index contributed by atoms with van der Waals surface area (Å²) >= 11 is 0. The number of benzene rings is 1. The molecule has 3 atom stereocenters.